The average molecular weight is 245 g/mol. The molecular weight excluding hydrogens is 228 g/mol. The number of aromatic nitrogens is 2. The van der Waals surface area contributed by atoms with Crippen LogP contribution in [0.3, 0.4) is 0 Å². The highest BCUT2D eigenvalue weighted by atomic mass is 35.5. The summed E-state index contributed by atoms with van der Waals surface area (Å²) in [5.41, 5.74) is -0.818. The number of hydrogen-bond donors (Lipinski definition) is 1. The molecule has 0 saturated carbocycles. The van der Waals surface area contributed by atoms with E-state index in [4.69, 9.17) is 11.6 Å². The minimum atomic E-state index is -0.458. The molecule has 1 N–H and O–H groups in total. The average Bonchev–Trinajstić information content (AvgIpc) is 2.25. The van der Waals surface area contributed by atoms with Crippen molar-refractivity contribution in [2.45, 2.75) is 46.1 Å². The molecule has 1 aromatic rings. The summed E-state index contributed by atoms with van der Waals surface area (Å²) in [5, 5.41) is 0.126. The molecule has 0 atom stereocenters. The van der Waals surface area contributed by atoms with Crippen LogP contribution in [0.25, 0.3) is 0 Å². The topological polar surface area (TPSA) is 54.9 Å². The number of hydrogen-bond acceptors (Lipinski definition) is 2. The smallest absolute Gasteiger partial charge is 0.297 e. The van der Waals surface area contributed by atoms with Crippen LogP contribution >= 0.6 is 11.6 Å². The molecule has 16 heavy (non-hydrogen) atoms. The van der Waals surface area contributed by atoms with Gasteiger partial charge in [0.2, 0.25) is 0 Å². The maximum Gasteiger partial charge on any atom is 0.330 e. The van der Waals surface area contributed by atoms with Crippen LogP contribution < -0.4 is 11.2 Å². The molecule has 0 aliphatic rings. The maximum atomic E-state index is 12.0. The number of halogens is 1. The Morgan fingerprint density at radius 1 is 1.31 bits per heavy atom. The Morgan fingerprint density at radius 3 is 2.25 bits per heavy atom. The van der Waals surface area contributed by atoms with Crippen LogP contribution in [0.15, 0.2) is 9.59 Å². The van der Waals surface area contributed by atoms with Gasteiger partial charge in [0.1, 0.15) is 5.15 Å². The quantitative estimate of drug-likeness (QED) is 0.828. The predicted molar refractivity (Wildman–Crippen MR) is 65.3 cm³/mol. The van der Waals surface area contributed by atoms with Gasteiger partial charge in [-0.1, -0.05) is 25.4 Å². The van der Waals surface area contributed by atoms with Gasteiger partial charge in [0.25, 0.3) is 5.56 Å². The minimum Gasteiger partial charge on any atom is -0.297 e. The number of rotatable bonds is 3. The summed E-state index contributed by atoms with van der Waals surface area (Å²) in [6.45, 7) is 7.43. The van der Waals surface area contributed by atoms with Crippen molar-refractivity contribution in [2.24, 2.45) is 0 Å². The number of nitrogens with zero attached hydrogens (tertiary/aromatic N) is 1. The third-order valence-corrected chi connectivity index (χ3v) is 3.71. The van der Waals surface area contributed by atoms with Gasteiger partial charge in [0, 0.05) is 11.1 Å². The zero-order valence-corrected chi connectivity index (χ0v) is 10.8. The van der Waals surface area contributed by atoms with Crippen LogP contribution in [0.2, 0.25) is 5.15 Å². The molecule has 0 bridgehead atoms. The second-order valence-corrected chi connectivity index (χ2v) is 4.59. The molecule has 0 radical (unpaired) electrons. The molecule has 90 valence electrons. The lowest BCUT2D eigenvalue weighted by molar-refractivity contribution is 0.272. The Kier molecular flexibility index (Phi) is 3.63. The molecule has 1 aromatic heterocycles. The monoisotopic (exact) mass is 244 g/mol. The van der Waals surface area contributed by atoms with E-state index in [2.05, 4.69) is 4.98 Å². The Morgan fingerprint density at radius 2 is 1.81 bits per heavy atom. The van der Waals surface area contributed by atoms with E-state index in [0.717, 1.165) is 0 Å². The van der Waals surface area contributed by atoms with Crippen LogP contribution in [0.1, 0.15) is 39.2 Å². The highest BCUT2D eigenvalue weighted by Crippen LogP contribution is 2.21. The fourth-order valence-corrected chi connectivity index (χ4v) is 1.82. The zero-order chi connectivity index (χ0) is 12.5. The highest BCUT2D eigenvalue weighted by Gasteiger charge is 2.26. The SMILES string of the molecule is CCC(C)(CC)n1c(=O)[nH]c(Cl)c(C)c1=O. The largest absolute Gasteiger partial charge is 0.330 e. The first kappa shape index (κ1) is 13.0. The summed E-state index contributed by atoms with van der Waals surface area (Å²) in [6.07, 6.45) is 1.43. The lowest BCUT2D eigenvalue weighted by Crippen LogP contribution is -2.48. The zero-order valence-electron chi connectivity index (χ0n) is 10.1. The Labute approximate surface area is 99.3 Å². The van der Waals surface area contributed by atoms with Crippen molar-refractivity contribution < 1.29 is 0 Å². The molecule has 0 fully saturated rings. The van der Waals surface area contributed by atoms with E-state index in [1.165, 1.54) is 4.57 Å². The molecule has 0 aliphatic carbocycles. The Balaban J connectivity index is 3.64. The molecule has 0 aliphatic heterocycles. The minimum absolute atomic E-state index is 0.126. The van der Waals surface area contributed by atoms with E-state index in [9.17, 15) is 9.59 Å². The van der Waals surface area contributed by atoms with Gasteiger partial charge in [-0.2, -0.15) is 0 Å². The van der Waals surface area contributed by atoms with Crippen molar-refractivity contribution in [3.05, 3.63) is 31.6 Å². The molecule has 0 spiro atoms. The van der Waals surface area contributed by atoms with Crippen molar-refractivity contribution in [2.75, 3.05) is 0 Å². The summed E-state index contributed by atoms with van der Waals surface area (Å²) in [6, 6.07) is 0. The first-order valence-corrected chi connectivity index (χ1v) is 5.77. The van der Waals surface area contributed by atoms with E-state index in [0.29, 0.717) is 18.4 Å². The molecule has 0 saturated heterocycles. The van der Waals surface area contributed by atoms with E-state index in [1.54, 1.807) is 6.92 Å². The molecule has 0 amide bonds. The van der Waals surface area contributed by atoms with E-state index < -0.39 is 11.2 Å². The van der Waals surface area contributed by atoms with Crippen LogP contribution in [-0.4, -0.2) is 9.55 Å². The Bertz CT molecular complexity index is 498. The fourth-order valence-electron chi connectivity index (χ4n) is 1.65. The molecule has 4 nitrogen and oxygen atoms in total. The lowest BCUT2D eigenvalue weighted by atomic mass is 9.95. The summed E-state index contributed by atoms with van der Waals surface area (Å²) >= 11 is 5.76. The fraction of sp³-hybridized carbons (Fsp3) is 0.636. The molecule has 1 heterocycles. The predicted octanol–water partition coefficient (Wildman–Crippen LogP) is 2.03. The second kappa shape index (κ2) is 4.45. The van der Waals surface area contributed by atoms with Crippen LogP contribution in [0.5, 0.6) is 0 Å². The number of H-pyrrole nitrogens is 1. The first-order valence-electron chi connectivity index (χ1n) is 5.39. The van der Waals surface area contributed by atoms with Crippen molar-refractivity contribution in [3.8, 4) is 0 Å². The van der Waals surface area contributed by atoms with Crippen LogP contribution in [0, 0.1) is 6.92 Å². The number of aromatic amines is 1. The van der Waals surface area contributed by atoms with Gasteiger partial charge in [0.15, 0.2) is 0 Å². The van der Waals surface area contributed by atoms with Gasteiger partial charge in [-0.05, 0) is 26.7 Å². The summed E-state index contributed by atoms with van der Waals surface area (Å²) < 4.78 is 1.27. The standard InChI is InChI=1S/C11H17ClN2O2/c1-5-11(4,6-2)14-9(15)7(3)8(12)13-10(14)16/h5-6H2,1-4H3,(H,13,16). The van der Waals surface area contributed by atoms with E-state index in [1.807, 2.05) is 20.8 Å². The van der Waals surface area contributed by atoms with Crippen LogP contribution in [0.4, 0.5) is 0 Å². The van der Waals surface area contributed by atoms with Gasteiger partial charge in [-0.15, -0.1) is 0 Å². The van der Waals surface area contributed by atoms with Gasteiger partial charge in [0.05, 0.1) is 0 Å². The van der Waals surface area contributed by atoms with Crippen molar-refractivity contribution in [3.63, 3.8) is 0 Å². The normalized spacial score (nSPS) is 11.8. The second-order valence-electron chi connectivity index (χ2n) is 4.21. The van der Waals surface area contributed by atoms with Crippen LogP contribution in [-0.2, 0) is 5.54 Å². The van der Waals surface area contributed by atoms with Gasteiger partial charge >= 0.3 is 5.69 Å². The summed E-state index contributed by atoms with van der Waals surface area (Å²) in [5.74, 6) is 0. The van der Waals surface area contributed by atoms with Crippen molar-refractivity contribution in [1.82, 2.24) is 9.55 Å². The molecule has 0 aromatic carbocycles. The molecule has 5 heteroatoms. The molecular formula is C11H17ClN2O2. The third-order valence-electron chi connectivity index (χ3n) is 3.34. The third kappa shape index (κ3) is 1.94. The summed E-state index contributed by atoms with van der Waals surface area (Å²) in [4.78, 5) is 26.3. The lowest BCUT2D eigenvalue weighted by Gasteiger charge is -2.28. The van der Waals surface area contributed by atoms with E-state index in [-0.39, 0.29) is 10.7 Å². The van der Waals surface area contributed by atoms with Crippen molar-refractivity contribution >= 4 is 11.6 Å². The van der Waals surface area contributed by atoms with Gasteiger partial charge in [-0.3, -0.25) is 14.3 Å². The van der Waals surface area contributed by atoms with Crippen molar-refractivity contribution in [1.29, 1.82) is 0 Å². The summed E-state index contributed by atoms with van der Waals surface area (Å²) in [7, 11) is 0. The Hall–Kier alpha value is -1.03. The highest BCUT2D eigenvalue weighted by molar-refractivity contribution is 6.30. The maximum absolute atomic E-state index is 12.0. The van der Waals surface area contributed by atoms with Gasteiger partial charge in [-0.25, -0.2) is 4.79 Å². The molecule has 1 rings (SSSR count). The van der Waals surface area contributed by atoms with E-state index >= 15 is 0 Å². The number of nitrogens with one attached hydrogen (secondary N) is 1. The first-order chi connectivity index (χ1) is 7.37. The van der Waals surface area contributed by atoms with Gasteiger partial charge < -0.3 is 0 Å². The molecule has 0 unspecified atom stereocenters.